The van der Waals surface area contributed by atoms with E-state index in [2.05, 4.69) is 15.0 Å². The van der Waals surface area contributed by atoms with Crippen LogP contribution < -0.4 is 14.8 Å². The second-order valence-corrected chi connectivity index (χ2v) is 8.05. The summed E-state index contributed by atoms with van der Waals surface area (Å²) >= 11 is 6.09. The van der Waals surface area contributed by atoms with E-state index in [-0.39, 0.29) is 35.0 Å². The molecule has 9 heteroatoms. The van der Waals surface area contributed by atoms with Crippen LogP contribution in [0.2, 0.25) is 5.02 Å². The van der Waals surface area contributed by atoms with E-state index in [0.717, 1.165) is 6.26 Å². The summed E-state index contributed by atoms with van der Waals surface area (Å²) < 4.78 is 30.7. The molecule has 2 aromatic rings. The van der Waals surface area contributed by atoms with Crippen LogP contribution in [-0.2, 0) is 16.6 Å². The molecule has 7 nitrogen and oxygen atoms in total. The lowest BCUT2D eigenvalue weighted by Gasteiger charge is -2.13. The minimum absolute atomic E-state index is 0.0847. The van der Waals surface area contributed by atoms with E-state index < -0.39 is 10.0 Å². The van der Waals surface area contributed by atoms with Crippen molar-refractivity contribution in [2.75, 3.05) is 11.0 Å². The molecule has 0 radical (unpaired) electrons. The maximum atomic E-state index is 12.3. The van der Waals surface area contributed by atoms with Crippen molar-refractivity contribution in [1.82, 2.24) is 10.3 Å². The second-order valence-electron chi connectivity index (χ2n) is 5.89. The molecule has 0 spiro atoms. The predicted octanol–water partition coefficient (Wildman–Crippen LogP) is 2.82. The summed E-state index contributed by atoms with van der Waals surface area (Å²) in [7, 11) is -3.41. The molecule has 0 saturated carbocycles. The smallest absolute Gasteiger partial charge is 0.253 e. The number of para-hydroxylation sites is 1. The molecule has 0 bridgehead atoms. The van der Waals surface area contributed by atoms with Gasteiger partial charge in [0.25, 0.3) is 5.91 Å². The number of pyridine rings is 1. The van der Waals surface area contributed by atoms with Crippen LogP contribution in [0.15, 0.2) is 36.5 Å². The highest BCUT2D eigenvalue weighted by atomic mass is 35.5. The van der Waals surface area contributed by atoms with Gasteiger partial charge in [0, 0.05) is 12.7 Å². The maximum Gasteiger partial charge on any atom is 0.253 e. The van der Waals surface area contributed by atoms with Gasteiger partial charge in [0.05, 0.1) is 23.6 Å². The van der Waals surface area contributed by atoms with E-state index >= 15 is 0 Å². The molecule has 0 fully saturated rings. The summed E-state index contributed by atoms with van der Waals surface area (Å²) in [5, 5.41) is 2.96. The number of nitrogens with one attached hydrogen (secondary N) is 2. The first-order chi connectivity index (χ1) is 12.2. The van der Waals surface area contributed by atoms with E-state index in [9.17, 15) is 13.2 Å². The number of hydrogen-bond acceptors (Lipinski definition) is 5. The minimum atomic E-state index is -3.41. The molecule has 0 saturated heterocycles. The number of benzene rings is 1. The maximum absolute atomic E-state index is 12.3. The van der Waals surface area contributed by atoms with Crippen LogP contribution in [0.1, 0.15) is 29.8 Å². The highest BCUT2D eigenvalue weighted by Gasteiger charge is 2.13. The Balaban J connectivity index is 2.09. The number of rotatable bonds is 7. The van der Waals surface area contributed by atoms with Crippen molar-refractivity contribution in [3.63, 3.8) is 0 Å². The van der Waals surface area contributed by atoms with Gasteiger partial charge in [-0.15, -0.1) is 0 Å². The molecule has 2 rings (SSSR count). The summed E-state index contributed by atoms with van der Waals surface area (Å²) in [5.74, 6) is -0.120. The number of sulfonamides is 1. The number of hydrogen-bond donors (Lipinski definition) is 2. The standard InChI is InChI=1S/C17H20ClN3O4S/c1-11(2)25-17-14(18)8-13(10-20-17)16(22)19-9-12-6-4-5-7-15(12)21-26(3,23)24/h4-8,10-11,21H,9H2,1-3H3,(H,19,22). The van der Waals surface area contributed by atoms with Crippen molar-refractivity contribution in [3.8, 4) is 5.88 Å². The molecule has 1 amide bonds. The van der Waals surface area contributed by atoms with E-state index in [4.69, 9.17) is 16.3 Å². The van der Waals surface area contributed by atoms with Crippen LogP contribution in [0.4, 0.5) is 5.69 Å². The molecule has 0 atom stereocenters. The molecule has 1 aromatic carbocycles. The van der Waals surface area contributed by atoms with Crippen molar-refractivity contribution in [3.05, 3.63) is 52.7 Å². The summed E-state index contributed by atoms with van der Waals surface area (Å²) in [5.41, 5.74) is 1.32. The van der Waals surface area contributed by atoms with E-state index in [1.807, 2.05) is 13.8 Å². The first-order valence-corrected chi connectivity index (χ1v) is 10.1. The molecule has 0 aliphatic heterocycles. The summed E-state index contributed by atoms with van der Waals surface area (Å²) in [6, 6.07) is 8.28. The number of halogens is 1. The van der Waals surface area contributed by atoms with Crippen LogP contribution in [0.3, 0.4) is 0 Å². The predicted molar refractivity (Wildman–Crippen MR) is 101 cm³/mol. The summed E-state index contributed by atoms with van der Waals surface area (Å²) in [6.45, 7) is 3.83. The summed E-state index contributed by atoms with van der Waals surface area (Å²) in [4.78, 5) is 16.4. The normalized spacial score (nSPS) is 11.3. The Morgan fingerprint density at radius 2 is 2.00 bits per heavy atom. The van der Waals surface area contributed by atoms with Gasteiger partial charge >= 0.3 is 0 Å². The van der Waals surface area contributed by atoms with Gasteiger partial charge in [-0.3, -0.25) is 9.52 Å². The van der Waals surface area contributed by atoms with Crippen molar-refractivity contribution in [1.29, 1.82) is 0 Å². The van der Waals surface area contributed by atoms with Crippen molar-refractivity contribution in [2.24, 2.45) is 0 Å². The number of amides is 1. The SMILES string of the molecule is CC(C)Oc1ncc(C(=O)NCc2ccccc2NS(C)(=O)=O)cc1Cl. The Kier molecular flexibility index (Phi) is 6.44. The van der Waals surface area contributed by atoms with Crippen molar-refractivity contribution in [2.45, 2.75) is 26.5 Å². The van der Waals surface area contributed by atoms with Gasteiger partial charge in [0.1, 0.15) is 5.02 Å². The Hall–Kier alpha value is -2.32. The number of anilines is 1. The third kappa shape index (κ3) is 5.89. The van der Waals surface area contributed by atoms with Crippen LogP contribution in [-0.4, -0.2) is 31.7 Å². The number of carbonyl (C=O) groups is 1. The second kappa shape index (κ2) is 8.37. The molecule has 0 aliphatic rings. The fraction of sp³-hybridized carbons (Fsp3) is 0.294. The van der Waals surface area contributed by atoms with Gasteiger partial charge in [-0.2, -0.15) is 0 Å². The first kappa shape index (κ1) is 20.0. The lowest BCUT2D eigenvalue weighted by atomic mass is 10.2. The highest BCUT2D eigenvalue weighted by Crippen LogP contribution is 2.23. The van der Waals surface area contributed by atoms with Crippen LogP contribution >= 0.6 is 11.6 Å². The van der Waals surface area contributed by atoms with E-state index in [0.29, 0.717) is 11.3 Å². The lowest BCUT2D eigenvalue weighted by molar-refractivity contribution is 0.0950. The van der Waals surface area contributed by atoms with E-state index in [1.165, 1.54) is 12.3 Å². The van der Waals surface area contributed by atoms with Gasteiger partial charge in [0.2, 0.25) is 15.9 Å². The van der Waals surface area contributed by atoms with Crippen molar-refractivity contribution >= 4 is 33.2 Å². The van der Waals surface area contributed by atoms with Gasteiger partial charge in [0.15, 0.2) is 0 Å². The largest absolute Gasteiger partial charge is 0.474 e. The Bertz CT molecular complexity index is 901. The van der Waals surface area contributed by atoms with Gasteiger partial charge in [-0.25, -0.2) is 13.4 Å². The molecule has 0 aliphatic carbocycles. The molecule has 0 unspecified atom stereocenters. The fourth-order valence-corrected chi connectivity index (χ4v) is 2.92. The third-order valence-corrected chi connectivity index (χ3v) is 4.03. The molecule has 2 N–H and O–H groups in total. The highest BCUT2D eigenvalue weighted by molar-refractivity contribution is 7.92. The molecule has 26 heavy (non-hydrogen) atoms. The van der Waals surface area contributed by atoms with Crippen LogP contribution in [0.5, 0.6) is 5.88 Å². The van der Waals surface area contributed by atoms with Crippen LogP contribution in [0.25, 0.3) is 0 Å². The third-order valence-electron chi connectivity index (χ3n) is 3.17. The molecular weight excluding hydrogens is 378 g/mol. The molecule has 1 heterocycles. The number of aromatic nitrogens is 1. The van der Waals surface area contributed by atoms with Gasteiger partial charge < -0.3 is 10.1 Å². The zero-order valence-corrected chi connectivity index (χ0v) is 16.2. The van der Waals surface area contributed by atoms with Crippen molar-refractivity contribution < 1.29 is 17.9 Å². The Morgan fingerprint density at radius 1 is 1.31 bits per heavy atom. The Labute approximate surface area is 157 Å². The number of ether oxygens (including phenoxy) is 1. The fourth-order valence-electron chi connectivity index (χ4n) is 2.11. The monoisotopic (exact) mass is 397 g/mol. The lowest BCUT2D eigenvalue weighted by Crippen LogP contribution is -2.24. The quantitative estimate of drug-likeness (QED) is 0.748. The molecule has 1 aromatic heterocycles. The van der Waals surface area contributed by atoms with E-state index in [1.54, 1.807) is 24.3 Å². The molecule has 140 valence electrons. The first-order valence-electron chi connectivity index (χ1n) is 7.82. The van der Waals surface area contributed by atoms with Gasteiger partial charge in [-0.1, -0.05) is 29.8 Å². The zero-order chi connectivity index (χ0) is 19.3. The van der Waals surface area contributed by atoms with Crippen LogP contribution in [0, 0.1) is 0 Å². The zero-order valence-electron chi connectivity index (χ0n) is 14.6. The minimum Gasteiger partial charge on any atom is -0.474 e. The Morgan fingerprint density at radius 3 is 2.62 bits per heavy atom. The average Bonchev–Trinajstić information content (AvgIpc) is 2.54. The number of nitrogens with zero attached hydrogens (tertiary/aromatic N) is 1. The average molecular weight is 398 g/mol. The topological polar surface area (TPSA) is 97.4 Å². The molecular formula is C17H20ClN3O4S. The number of carbonyl (C=O) groups excluding carboxylic acids is 1. The van der Waals surface area contributed by atoms with Gasteiger partial charge in [-0.05, 0) is 31.5 Å². The summed E-state index contributed by atoms with van der Waals surface area (Å²) in [6.07, 6.45) is 2.36.